The molecule has 0 N–H and O–H groups in total. The number of amides is 1. The number of piperidine rings is 1. The number of likely N-dealkylation sites (tertiary alicyclic amines) is 1. The van der Waals surface area contributed by atoms with Gasteiger partial charge < -0.3 is 9.80 Å². The van der Waals surface area contributed by atoms with Gasteiger partial charge in [0.2, 0.25) is 0 Å². The fourth-order valence-corrected chi connectivity index (χ4v) is 4.48. The molecule has 0 bridgehead atoms. The topological polar surface area (TPSA) is 80.0 Å². The van der Waals surface area contributed by atoms with E-state index in [1.165, 1.54) is 23.3 Å². The van der Waals surface area contributed by atoms with Crippen molar-refractivity contribution in [2.75, 3.05) is 24.5 Å². The Morgan fingerprint density at radius 2 is 1.93 bits per heavy atom. The predicted molar refractivity (Wildman–Crippen MR) is 108 cm³/mol. The van der Waals surface area contributed by atoms with Gasteiger partial charge in [-0.05, 0) is 32.4 Å². The van der Waals surface area contributed by atoms with E-state index in [-0.39, 0.29) is 17.5 Å². The van der Waals surface area contributed by atoms with Crippen molar-refractivity contribution in [3.63, 3.8) is 0 Å². The molecule has 4 heterocycles. The lowest BCUT2D eigenvalue weighted by molar-refractivity contribution is 0.0586. The number of hydrogen-bond acceptors (Lipinski definition) is 6. The van der Waals surface area contributed by atoms with Gasteiger partial charge in [-0.3, -0.25) is 4.79 Å². The molecule has 2 aliphatic rings. The summed E-state index contributed by atoms with van der Waals surface area (Å²) in [5.74, 6) is 1.24. The zero-order chi connectivity index (χ0) is 20.8. The lowest BCUT2D eigenvalue weighted by Crippen LogP contribution is -2.65. The van der Waals surface area contributed by atoms with Crippen LogP contribution in [0, 0.1) is 25.6 Å². The number of anilines is 1. The number of fused-ring (bicyclic) bond motifs is 1. The van der Waals surface area contributed by atoms with Crippen LogP contribution in [-0.2, 0) is 0 Å². The Bertz CT molecular complexity index is 1080. The van der Waals surface area contributed by atoms with Crippen LogP contribution in [0.4, 0.5) is 10.2 Å². The smallest absolute Gasteiger partial charge is 0.259 e. The first-order chi connectivity index (χ1) is 14.5. The molecule has 5 rings (SSSR count). The van der Waals surface area contributed by atoms with Crippen LogP contribution in [0.1, 0.15) is 28.3 Å². The second-order valence-electron chi connectivity index (χ2n) is 7.89. The maximum absolute atomic E-state index is 14.7. The summed E-state index contributed by atoms with van der Waals surface area (Å²) >= 11 is 0. The van der Waals surface area contributed by atoms with Crippen LogP contribution in [-0.4, -0.2) is 61.4 Å². The van der Waals surface area contributed by atoms with Gasteiger partial charge >= 0.3 is 0 Å². The van der Waals surface area contributed by atoms with Gasteiger partial charge in [-0.15, -0.1) is 0 Å². The summed E-state index contributed by atoms with van der Waals surface area (Å²) < 4.78 is 14.7. The molecule has 2 saturated heterocycles. The highest BCUT2D eigenvalue weighted by Gasteiger charge is 2.44. The van der Waals surface area contributed by atoms with E-state index in [1.807, 2.05) is 19.9 Å². The van der Waals surface area contributed by atoms with Crippen LogP contribution in [0.5, 0.6) is 0 Å². The third-order valence-electron chi connectivity index (χ3n) is 5.93. The van der Waals surface area contributed by atoms with Crippen molar-refractivity contribution in [1.29, 1.82) is 0 Å². The van der Waals surface area contributed by atoms with Gasteiger partial charge in [0, 0.05) is 37.3 Å². The average Bonchev–Trinajstić information content (AvgIpc) is 3.22. The van der Waals surface area contributed by atoms with Crippen LogP contribution in [0.3, 0.4) is 0 Å². The largest absolute Gasteiger partial charge is 0.351 e. The molecular weight excluding hydrogens is 385 g/mol. The Balaban J connectivity index is 1.41. The summed E-state index contributed by atoms with van der Waals surface area (Å²) in [5.41, 5.74) is 1.28. The van der Waals surface area contributed by atoms with Crippen molar-refractivity contribution in [2.45, 2.75) is 26.3 Å². The number of aromatic nitrogens is 5. The zero-order valence-corrected chi connectivity index (χ0v) is 16.9. The average molecular weight is 407 g/mol. The monoisotopic (exact) mass is 407 g/mol. The molecule has 2 unspecified atom stereocenters. The van der Waals surface area contributed by atoms with E-state index in [9.17, 15) is 9.18 Å². The van der Waals surface area contributed by atoms with Crippen LogP contribution in [0.25, 0.3) is 5.69 Å². The predicted octanol–water partition coefficient (Wildman–Crippen LogP) is 2.16. The molecule has 1 amide bonds. The minimum atomic E-state index is -0.565. The Morgan fingerprint density at radius 3 is 2.70 bits per heavy atom. The van der Waals surface area contributed by atoms with Gasteiger partial charge in [-0.25, -0.2) is 14.4 Å². The van der Waals surface area contributed by atoms with E-state index in [1.54, 1.807) is 17.0 Å². The van der Waals surface area contributed by atoms with E-state index in [0.29, 0.717) is 24.7 Å². The van der Waals surface area contributed by atoms with Crippen molar-refractivity contribution in [2.24, 2.45) is 5.92 Å². The molecule has 154 valence electrons. The SMILES string of the molecule is Cc1cc(N2CC3CCN(C(=O)c4c(F)cccc4-n4nccn4)CC32)nc(C)n1. The first kappa shape index (κ1) is 18.7. The quantitative estimate of drug-likeness (QED) is 0.662. The number of carbonyl (C=O) groups excluding carboxylic acids is 1. The van der Waals surface area contributed by atoms with Crippen molar-refractivity contribution in [1.82, 2.24) is 29.9 Å². The number of aryl methyl sites for hydroxylation is 2. The van der Waals surface area contributed by atoms with Crippen molar-refractivity contribution < 1.29 is 9.18 Å². The number of carbonyl (C=O) groups is 1. The maximum atomic E-state index is 14.7. The van der Waals surface area contributed by atoms with Crippen molar-refractivity contribution in [3.8, 4) is 5.69 Å². The highest BCUT2D eigenvalue weighted by molar-refractivity contribution is 5.98. The number of nitrogens with zero attached hydrogens (tertiary/aromatic N) is 7. The Labute approximate surface area is 173 Å². The normalized spacial score (nSPS) is 20.6. The molecule has 2 atom stereocenters. The van der Waals surface area contributed by atoms with Crippen LogP contribution in [0.15, 0.2) is 36.7 Å². The molecule has 0 saturated carbocycles. The molecular formula is C21H22FN7O. The summed E-state index contributed by atoms with van der Waals surface area (Å²) in [6.45, 7) is 5.90. The van der Waals surface area contributed by atoms with E-state index >= 15 is 0 Å². The standard InChI is InChI=1S/C21H22FN7O/c1-13-10-19(26-14(2)25-13)28-11-15-6-9-27(12-18(15)28)21(30)20-16(22)4-3-5-17(20)29-23-7-8-24-29/h3-5,7-8,10,15,18H,6,9,11-12H2,1-2H3. The number of hydrogen-bond donors (Lipinski definition) is 0. The molecule has 0 radical (unpaired) electrons. The highest BCUT2D eigenvalue weighted by Crippen LogP contribution is 2.36. The summed E-state index contributed by atoms with van der Waals surface area (Å²) in [4.78, 5) is 27.5. The molecule has 2 aromatic heterocycles. The first-order valence-electron chi connectivity index (χ1n) is 10.0. The Morgan fingerprint density at radius 1 is 1.13 bits per heavy atom. The number of rotatable bonds is 3. The van der Waals surface area contributed by atoms with Gasteiger partial charge in [-0.1, -0.05) is 6.07 Å². The fraction of sp³-hybridized carbons (Fsp3) is 0.381. The molecule has 8 nitrogen and oxygen atoms in total. The molecule has 0 spiro atoms. The second kappa shape index (κ2) is 7.16. The lowest BCUT2D eigenvalue weighted by atomic mass is 9.82. The fourth-order valence-electron chi connectivity index (χ4n) is 4.48. The van der Waals surface area contributed by atoms with Crippen molar-refractivity contribution >= 4 is 11.7 Å². The summed E-state index contributed by atoms with van der Waals surface area (Å²) in [7, 11) is 0. The van der Waals surface area contributed by atoms with Crippen LogP contribution >= 0.6 is 0 Å². The summed E-state index contributed by atoms with van der Waals surface area (Å²) in [6.07, 6.45) is 3.89. The second-order valence-corrected chi connectivity index (χ2v) is 7.89. The van der Waals surface area contributed by atoms with E-state index < -0.39 is 5.82 Å². The van der Waals surface area contributed by atoms with E-state index in [0.717, 1.165) is 30.3 Å². The third kappa shape index (κ3) is 3.10. The van der Waals surface area contributed by atoms with Gasteiger partial charge in [0.25, 0.3) is 5.91 Å². The highest BCUT2D eigenvalue weighted by atomic mass is 19.1. The Hall–Kier alpha value is -3.36. The van der Waals surface area contributed by atoms with Crippen LogP contribution < -0.4 is 4.90 Å². The van der Waals surface area contributed by atoms with Gasteiger partial charge in [-0.2, -0.15) is 15.0 Å². The van der Waals surface area contributed by atoms with Crippen molar-refractivity contribution in [3.05, 3.63) is 59.6 Å². The third-order valence-corrected chi connectivity index (χ3v) is 5.93. The number of benzene rings is 1. The lowest BCUT2D eigenvalue weighted by Gasteiger charge is -2.54. The molecule has 1 aromatic carbocycles. The minimum absolute atomic E-state index is 0.00625. The molecule has 9 heteroatoms. The van der Waals surface area contributed by atoms with Gasteiger partial charge in [0.1, 0.15) is 28.7 Å². The molecule has 30 heavy (non-hydrogen) atoms. The Kier molecular flexibility index (Phi) is 4.45. The molecule has 2 aliphatic heterocycles. The zero-order valence-electron chi connectivity index (χ0n) is 16.9. The molecule has 3 aromatic rings. The van der Waals surface area contributed by atoms with E-state index in [4.69, 9.17) is 0 Å². The summed E-state index contributed by atoms with van der Waals surface area (Å²) in [6, 6.07) is 6.67. The first-order valence-corrected chi connectivity index (χ1v) is 10.0. The molecule has 2 fully saturated rings. The van der Waals surface area contributed by atoms with Gasteiger partial charge in [0.05, 0.1) is 18.4 Å². The maximum Gasteiger partial charge on any atom is 0.259 e. The molecule has 0 aliphatic carbocycles. The van der Waals surface area contributed by atoms with Gasteiger partial charge in [0.15, 0.2) is 0 Å². The van der Waals surface area contributed by atoms with E-state index in [2.05, 4.69) is 25.1 Å². The minimum Gasteiger partial charge on any atom is -0.351 e. The van der Waals surface area contributed by atoms with Crippen LogP contribution in [0.2, 0.25) is 0 Å². The number of halogens is 1. The summed E-state index contributed by atoms with van der Waals surface area (Å²) in [5, 5.41) is 8.14.